The summed E-state index contributed by atoms with van der Waals surface area (Å²) in [7, 11) is 1.48. The first-order valence-corrected chi connectivity index (χ1v) is 23.9. The van der Waals surface area contributed by atoms with Crippen molar-refractivity contribution in [2.24, 2.45) is 0 Å². The molecule has 0 heterocycles. The van der Waals surface area contributed by atoms with E-state index in [1.54, 1.807) is 0 Å². The molecular formula is C44H87NO8P+. The highest BCUT2D eigenvalue weighted by molar-refractivity contribution is 7.47. The summed E-state index contributed by atoms with van der Waals surface area (Å²) in [6.45, 7) is 4.43. The number of ether oxygens (including phenoxy) is 2. The lowest BCUT2D eigenvalue weighted by molar-refractivity contribution is -0.870. The average Bonchev–Trinajstić information content (AvgIpc) is 3.12. The number of quaternary nitrogens is 1. The molecule has 0 aromatic heterocycles. The molecule has 320 valence electrons. The first kappa shape index (κ1) is 52.8. The summed E-state index contributed by atoms with van der Waals surface area (Å²) in [4.78, 5) is 35.3. The van der Waals surface area contributed by atoms with E-state index in [0.717, 1.165) is 44.9 Å². The number of carbonyl (C=O) groups is 2. The van der Waals surface area contributed by atoms with Crippen LogP contribution in [-0.2, 0) is 32.7 Å². The average molecular weight is 789 g/mol. The van der Waals surface area contributed by atoms with Crippen molar-refractivity contribution in [2.75, 3.05) is 47.5 Å². The van der Waals surface area contributed by atoms with E-state index in [2.05, 4.69) is 26.0 Å². The number of rotatable bonds is 41. The Morgan fingerprint density at radius 2 is 0.944 bits per heavy atom. The lowest BCUT2D eigenvalue weighted by atomic mass is 10.0. The van der Waals surface area contributed by atoms with Gasteiger partial charge in [0.25, 0.3) is 0 Å². The van der Waals surface area contributed by atoms with E-state index in [-0.39, 0.29) is 25.6 Å². The predicted molar refractivity (Wildman–Crippen MR) is 224 cm³/mol. The van der Waals surface area contributed by atoms with Crippen LogP contribution < -0.4 is 0 Å². The van der Waals surface area contributed by atoms with Crippen LogP contribution >= 0.6 is 7.82 Å². The molecule has 0 fully saturated rings. The fraction of sp³-hybridized carbons (Fsp3) is 0.909. The Balaban J connectivity index is 4.33. The van der Waals surface area contributed by atoms with E-state index in [1.807, 2.05) is 21.1 Å². The molecule has 0 aliphatic heterocycles. The fourth-order valence-electron chi connectivity index (χ4n) is 6.24. The first-order valence-electron chi connectivity index (χ1n) is 22.4. The maximum Gasteiger partial charge on any atom is 0.472 e. The Kier molecular flexibility index (Phi) is 36.5. The van der Waals surface area contributed by atoms with Gasteiger partial charge in [-0.1, -0.05) is 167 Å². The molecule has 0 amide bonds. The van der Waals surface area contributed by atoms with E-state index in [1.165, 1.54) is 128 Å². The summed E-state index contributed by atoms with van der Waals surface area (Å²) in [5, 5.41) is 0. The van der Waals surface area contributed by atoms with Gasteiger partial charge in [-0.25, -0.2) is 4.57 Å². The van der Waals surface area contributed by atoms with Crippen LogP contribution in [0.15, 0.2) is 12.2 Å². The second-order valence-electron chi connectivity index (χ2n) is 16.4. The molecule has 0 bridgehead atoms. The van der Waals surface area contributed by atoms with Gasteiger partial charge in [0.15, 0.2) is 6.10 Å². The lowest BCUT2D eigenvalue weighted by Crippen LogP contribution is -2.37. The fourth-order valence-corrected chi connectivity index (χ4v) is 6.99. The van der Waals surface area contributed by atoms with Crippen LogP contribution in [0.2, 0.25) is 0 Å². The Hall–Kier alpha value is -1.25. The Labute approximate surface area is 333 Å². The quantitative estimate of drug-likeness (QED) is 0.0214. The number of carbonyl (C=O) groups excluding carboxylic acids is 2. The van der Waals surface area contributed by atoms with Crippen LogP contribution in [0, 0.1) is 0 Å². The summed E-state index contributed by atoms with van der Waals surface area (Å²) in [5.41, 5.74) is 0. The molecule has 1 N–H and O–H groups in total. The van der Waals surface area contributed by atoms with Crippen LogP contribution in [0.25, 0.3) is 0 Å². The lowest BCUT2D eigenvalue weighted by Gasteiger charge is -2.24. The molecule has 0 aliphatic rings. The minimum absolute atomic E-state index is 0.0339. The van der Waals surface area contributed by atoms with Crippen LogP contribution in [0.1, 0.15) is 206 Å². The predicted octanol–water partition coefficient (Wildman–Crippen LogP) is 12.6. The number of phosphoric ester groups is 1. The molecule has 0 rings (SSSR count). The van der Waals surface area contributed by atoms with Crippen LogP contribution in [0.3, 0.4) is 0 Å². The highest BCUT2D eigenvalue weighted by atomic mass is 31.2. The van der Waals surface area contributed by atoms with Gasteiger partial charge in [-0.05, 0) is 38.5 Å². The second kappa shape index (κ2) is 37.3. The van der Waals surface area contributed by atoms with Crippen molar-refractivity contribution < 1.29 is 42.1 Å². The molecule has 0 aromatic rings. The van der Waals surface area contributed by atoms with Gasteiger partial charge in [0.1, 0.15) is 19.8 Å². The number of hydrogen-bond donors (Lipinski definition) is 1. The van der Waals surface area contributed by atoms with Gasteiger partial charge in [0, 0.05) is 12.8 Å². The van der Waals surface area contributed by atoms with E-state index < -0.39 is 26.5 Å². The van der Waals surface area contributed by atoms with Crippen molar-refractivity contribution in [3.8, 4) is 0 Å². The maximum absolute atomic E-state index is 12.7. The van der Waals surface area contributed by atoms with E-state index in [0.29, 0.717) is 23.9 Å². The van der Waals surface area contributed by atoms with Gasteiger partial charge in [-0.15, -0.1) is 0 Å². The Bertz CT molecular complexity index is 938. The molecule has 0 saturated carbocycles. The third-order valence-corrected chi connectivity index (χ3v) is 10.8. The van der Waals surface area contributed by atoms with Gasteiger partial charge in [-0.2, -0.15) is 0 Å². The van der Waals surface area contributed by atoms with Crippen molar-refractivity contribution in [3.05, 3.63) is 12.2 Å². The van der Waals surface area contributed by atoms with Gasteiger partial charge in [0.2, 0.25) is 0 Å². The van der Waals surface area contributed by atoms with Gasteiger partial charge < -0.3 is 18.9 Å². The number of esters is 2. The molecule has 0 aliphatic carbocycles. The Morgan fingerprint density at radius 1 is 0.556 bits per heavy atom. The number of hydrogen-bond acceptors (Lipinski definition) is 7. The molecule has 1 unspecified atom stereocenters. The van der Waals surface area contributed by atoms with Crippen molar-refractivity contribution in [1.29, 1.82) is 0 Å². The zero-order valence-corrected chi connectivity index (χ0v) is 36.9. The number of phosphoric acid groups is 1. The molecule has 0 saturated heterocycles. The van der Waals surface area contributed by atoms with E-state index in [4.69, 9.17) is 18.5 Å². The van der Waals surface area contributed by atoms with Gasteiger partial charge in [0.05, 0.1) is 27.7 Å². The molecule has 9 nitrogen and oxygen atoms in total. The minimum Gasteiger partial charge on any atom is -0.462 e. The first-order chi connectivity index (χ1) is 26.0. The number of nitrogens with zero attached hydrogens (tertiary/aromatic N) is 1. The van der Waals surface area contributed by atoms with E-state index >= 15 is 0 Å². The molecule has 0 radical (unpaired) electrons. The molecule has 54 heavy (non-hydrogen) atoms. The zero-order valence-electron chi connectivity index (χ0n) is 36.0. The molecular weight excluding hydrogens is 701 g/mol. The topological polar surface area (TPSA) is 108 Å². The number of allylic oxidation sites excluding steroid dienone is 2. The standard InChI is InChI=1S/C44H86NO8P/c1-6-8-10-12-14-16-18-20-21-22-23-25-27-29-31-33-35-37-44(47)53-42(41-52-54(48,49)51-39-38-45(3,4)5)40-50-43(46)36-34-32-30-28-26-24-19-17-15-13-11-9-7-2/h20-21,42H,6-19,22-41H2,1-5H3/p+1/b21-20-/t42-/m1/s1. The third kappa shape index (κ3) is 40.4. The number of likely N-dealkylation sites (N-methyl/N-ethyl adjacent to an activating group) is 1. The zero-order chi connectivity index (χ0) is 40.0. The highest BCUT2D eigenvalue weighted by Crippen LogP contribution is 2.43. The van der Waals surface area contributed by atoms with Crippen molar-refractivity contribution >= 4 is 19.8 Å². The van der Waals surface area contributed by atoms with E-state index in [9.17, 15) is 19.0 Å². The van der Waals surface area contributed by atoms with Crippen molar-refractivity contribution in [2.45, 2.75) is 213 Å². The maximum atomic E-state index is 12.7. The summed E-state index contributed by atoms with van der Waals surface area (Å²) in [6, 6.07) is 0. The second-order valence-corrected chi connectivity index (χ2v) is 17.9. The summed E-state index contributed by atoms with van der Waals surface area (Å²) < 4.78 is 34.3. The summed E-state index contributed by atoms with van der Waals surface area (Å²) in [5.74, 6) is -0.794. The molecule has 10 heteroatoms. The van der Waals surface area contributed by atoms with Crippen LogP contribution in [0.4, 0.5) is 0 Å². The SMILES string of the molecule is CCCCCCCC/C=C\CCCCCCCCCC(=O)O[C@H](COC(=O)CCCCCCCCCCCCCCC)COP(=O)(O)OCC[N+](C)(C)C. The van der Waals surface area contributed by atoms with Crippen molar-refractivity contribution in [3.63, 3.8) is 0 Å². The summed E-state index contributed by atoms with van der Waals surface area (Å²) in [6.07, 6.45) is 38.2. The smallest absolute Gasteiger partial charge is 0.462 e. The van der Waals surface area contributed by atoms with Crippen molar-refractivity contribution in [1.82, 2.24) is 0 Å². The molecule has 0 aromatic carbocycles. The largest absolute Gasteiger partial charge is 0.472 e. The number of unbranched alkanes of at least 4 members (excludes halogenated alkanes) is 25. The summed E-state index contributed by atoms with van der Waals surface area (Å²) >= 11 is 0. The molecule has 0 spiro atoms. The molecule has 2 atom stereocenters. The monoisotopic (exact) mass is 789 g/mol. The normalized spacial score (nSPS) is 13.7. The van der Waals surface area contributed by atoms with Gasteiger partial charge >= 0.3 is 19.8 Å². The highest BCUT2D eigenvalue weighted by Gasteiger charge is 2.27. The third-order valence-electron chi connectivity index (χ3n) is 9.80. The van der Waals surface area contributed by atoms with Crippen LogP contribution in [-0.4, -0.2) is 74.9 Å². The minimum atomic E-state index is -4.37. The Morgan fingerprint density at radius 3 is 1.37 bits per heavy atom. The van der Waals surface area contributed by atoms with Crippen LogP contribution in [0.5, 0.6) is 0 Å². The van der Waals surface area contributed by atoms with Gasteiger partial charge in [-0.3, -0.25) is 18.6 Å².